The number of nitrogens with one attached hydrogen (secondary N) is 1. The lowest BCUT2D eigenvalue weighted by atomic mass is 10.2. The molecule has 0 bridgehead atoms. The summed E-state index contributed by atoms with van der Waals surface area (Å²) in [6.45, 7) is 0. The Hall–Kier alpha value is -1.99. The number of benzene rings is 1. The van der Waals surface area contributed by atoms with Crippen LogP contribution < -0.4 is 11.2 Å². The number of halogens is 1. The van der Waals surface area contributed by atoms with Gasteiger partial charge >= 0.3 is 5.69 Å². The van der Waals surface area contributed by atoms with Crippen molar-refractivity contribution in [2.75, 3.05) is 0 Å². The number of aromatic nitrogens is 4. The molecule has 0 spiro atoms. The van der Waals surface area contributed by atoms with Gasteiger partial charge in [0.05, 0.1) is 0 Å². The number of nitrogens with zero attached hydrogens (tertiary/aromatic N) is 3. The van der Waals surface area contributed by atoms with Gasteiger partial charge in [-0.2, -0.15) is 0 Å². The third-order valence-corrected chi connectivity index (χ3v) is 4.73. The average Bonchev–Trinajstić information content (AvgIpc) is 2.82. The highest BCUT2D eigenvalue weighted by Gasteiger charge is 2.15. The van der Waals surface area contributed by atoms with E-state index in [-0.39, 0.29) is 0 Å². The van der Waals surface area contributed by atoms with Crippen molar-refractivity contribution in [1.82, 2.24) is 19.1 Å². The van der Waals surface area contributed by atoms with Gasteiger partial charge in [-0.15, -0.1) is 0 Å². The number of hydrogen-bond donors (Lipinski definition) is 1. The molecular weight excluding hydrogens is 324 g/mol. The molecule has 3 aromatic rings. The first-order valence-corrected chi connectivity index (χ1v) is 7.86. The quantitative estimate of drug-likeness (QED) is 0.741. The van der Waals surface area contributed by atoms with Gasteiger partial charge in [0.1, 0.15) is 0 Å². The van der Waals surface area contributed by atoms with Crippen molar-refractivity contribution in [3.63, 3.8) is 0 Å². The molecule has 2 heterocycles. The van der Waals surface area contributed by atoms with Crippen molar-refractivity contribution >= 4 is 34.5 Å². The largest absolute Gasteiger partial charge is 0.329 e. The van der Waals surface area contributed by atoms with Crippen LogP contribution in [0.1, 0.15) is 5.56 Å². The van der Waals surface area contributed by atoms with E-state index in [1.807, 2.05) is 24.3 Å². The normalized spacial score (nSPS) is 11.2. The zero-order valence-corrected chi connectivity index (χ0v) is 13.5. The summed E-state index contributed by atoms with van der Waals surface area (Å²) >= 11 is 7.36. The van der Waals surface area contributed by atoms with Gasteiger partial charge in [-0.05, 0) is 17.7 Å². The minimum absolute atomic E-state index is 0.384. The molecule has 22 heavy (non-hydrogen) atoms. The Morgan fingerprint density at radius 1 is 1.18 bits per heavy atom. The van der Waals surface area contributed by atoms with Crippen LogP contribution in [-0.4, -0.2) is 19.1 Å². The maximum Gasteiger partial charge on any atom is 0.329 e. The second-order valence-electron chi connectivity index (χ2n) is 4.86. The zero-order valence-electron chi connectivity index (χ0n) is 12.0. The lowest BCUT2D eigenvalue weighted by Gasteiger charge is -2.02. The maximum absolute atomic E-state index is 11.9. The Morgan fingerprint density at radius 2 is 1.86 bits per heavy atom. The van der Waals surface area contributed by atoms with Crippen LogP contribution in [0.15, 0.2) is 39.0 Å². The summed E-state index contributed by atoms with van der Waals surface area (Å²) in [5.41, 5.74) is 0.983. The molecule has 0 atom stereocenters. The molecule has 0 saturated carbocycles. The van der Waals surface area contributed by atoms with Gasteiger partial charge in [0, 0.05) is 24.9 Å². The first-order valence-electron chi connectivity index (χ1n) is 6.50. The molecule has 1 N–H and O–H groups in total. The number of hydrogen-bond acceptors (Lipinski definition) is 4. The van der Waals surface area contributed by atoms with Gasteiger partial charge in [0.2, 0.25) is 0 Å². The van der Waals surface area contributed by atoms with Gasteiger partial charge < -0.3 is 4.57 Å². The second-order valence-corrected chi connectivity index (χ2v) is 6.24. The third-order valence-electron chi connectivity index (χ3n) is 3.37. The summed E-state index contributed by atoms with van der Waals surface area (Å²) in [7, 11) is 3.35. The van der Waals surface area contributed by atoms with E-state index in [9.17, 15) is 9.59 Å². The molecule has 1 aromatic carbocycles. The number of H-pyrrole nitrogens is 1. The average molecular weight is 337 g/mol. The first-order chi connectivity index (χ1) is 10.5. The fourth-order valence-corrected chi connectivity index (χ4v) is 3.20. The Bertz CT molecular complexity index is 956. The van der Waals surface area contributed by atoms with E-state index in [2.05, 4.69) is 9.97 Å². The minimum atomic E-state index is -0.468. The van der Waals surface area contributed by atoms with Crippen LogP contribution in [-0.2, 0) is 19.8 Å². The van der Waals surface area contributed by atoms with Gasteiger partial charge in [-0.25, -0.2) is 9.78 Å². The number of aromatic amines is 1. The van der Waals surface area contributed by atoms with Crippen molar-refractivity contribution in [2.45, 2.75) is 10.9 Å². The van der Waals surface area contributed by atoms with E-state index in [4.69, 9.17) is 11.6 Å². The van der Waals surface area contributed by atoms with Crippen LogP contribution in [0.25, 0.3) is 11.2 Å². The second kappa shape index (κ2) is 5.66. The predicted molar refractivity (Wildman–Crippen MR) is 87.6 cm³/mol. The SMILES string of the molecule is Cn1c(SCc2ccc(Cl)cc2)nc2c1c(=O)[nH]c(=O)n2C. The fourth-order valence-electron chi connectivity index (χ4n) is 2.15. The summed E-state index contributed by atoms with van der Waals surface area (Å²) in [5, 5.41) is 1.37. The molecule has 0 amide bonds. The standard InChI is InChI=1S/C14H13ClN4O2S/c1-18-10-11(19(2)13(21)17-12(10)20)16-14(18)22-7-8-3-5-9(15)6-4-8/h3-6H,7H2,1-2H3,(H,17,20,21). The number of thioether (sulfide) groups is 1. The number of imidazole rings is 1. The third kappa shape index (κ3) is 2.57. The van der Waals surface area contributed by atoms with E-state index in [0.717, 1.165) is 5.56 Å². The highest BCUT2D eigenvalue weighted by atomic mass is 35.5. The number of fused-ring (bicyclic) bond motifs is 1. The lowest BCUT2D eigenvalue weighted by molar-refractivity contribution is 0.811. The highest BCUT2D eigenvalue weighted by Crippen LogP contribution is 2.24. The van der Waals surface area contributed by atoms with E-state index in [1.165, 1.54) is 16.3 Å². The van der Waals surface area contributed by atoms with Crippen LogP contribution in [0.5, 0.6) is 0 Å². The van der Waals surface area contributed by atoms with Crippen LogP contribution in [0.3, 0.4) is 0 Å². The number of aryl methyl sites for hydroxylation is 2. The van der Waals surface area contributed by atoms with E-state index < -0.39 is 11.2 Å². The minimum Gasteiger partial charge on any atom is -0.316 e. The van der Waals surface area contributed by atoms with Gasteiger partial charge in [0.15, 0.2) is 16.3 Å². The zero-order chi connectivity index (χ0) is 15.9. The monoisotopic (exact) mass is 336 g/mol. The molecule has 2 aromatic heterocycles. The van der Waals surface area contributed by atoms with E-state index in [1.54, 1.807) is 18.7 Å². The predicted octanol–water partition coefficient (Wildman–Crippen LogP) is 1.91. The van der Waals surface area contributed by atoms with Crippen molar-refractivity contribution in [3.05, 3.63) is 55.7 Å². The molecule has 0 radical (unpaired) electrons. The Balaban J connectivity index is 1.98. The van der Waals surface area contributed by atoms with Crippen LogP contribution in [0, 0.1) is 0 Å². The van der Waals surface area contributed by atoms with Crippen molar-refractivity contribution in [3.8, 4) is 0 Å². The molecule has 6 nitrogen and oxygen atoms in total. The molecule has 0 aliphatic heterocycles. The van der Waals surface area contributed by atoms with E-state index >= 15 is 0 Å². The summed E-state index contributed by atoms with van der Waals surface area (Å²) < 4.78 is 3.04. The Morgan fingerprint density at radius 3 is 2.55 bits per heavy atom. The number of rotatable bonds is 3. The molecule has 3 rings (SSSR count). The summed E-state index contributed by atoms with van der Waals surface area (Å²) in [5.74, 6) is 0.695. The fraction of sp³-hybridized carbons (Fsp3) is 0.214. The molecule has 114 valence electrons. The van der Waals surface area contributed by atoms with Crippen LogP contribution >= 0.6 is 23.4 Å². The highest BCUT2D eigenvalue weighted by molar-refractivity contribution is 7.98. The summed E-state index contributed by atoms with van der Waals surface area (Å²) in [6.07, 6.45) is 0. The molecule has 0 unspecified atom stereocenters. The first kappa shape index (κ1) is 14.9. The van der Waals surface area contributed by atoms with Gasteiger partial charge in [-0.1, -0.05) is 35.5 Å². The summed E-state index contributed by atoms with van der Waals surface area (Å²) in [4.78, 5) is 30.3. The van der Waals surface area contributed by atoms with Crippen molar-refractivity contribution in [1.29, 1.82) is 0 Å². The van der Waals surface area contributed by atoms with Gasteiger partial charge in [-0.3, -0.25) is 14.3 Å². The van der Waals surface area contributed by atoms with Gasteiger partial charge in [0.25, 0.3) is 5.56 Å². The molecule has 0 fully saturated rings. The van der Waals surface area contributed by atoms with Crippen LogP contribution in [0.4, 0.5) is 0 Å². The van der Waals surface area contributed by atoms with E-state index in [0.29, 0.717) is 27.1 Å². The van der Waals surface area contributed by atoms with Crippen molar-refractivity contribution < 1.29 is 0 Å². The van der Waals surface area contributed by atoms with Crippen LogP contribution in [0.2, 0.25) is 5.02 Å². The molecule has 0 aliphatic carbocycles. The molecule has 8 heteroatoms. The topological polar surface area (TPSA) is 72.7 Å². The molecular formula is C14H13ClN4O2S. The molecule has 0 saturated heterocycles. The lowest BCUT2D eigenvalue weighted by Crippen LogP contribution is -2.29. The van der Waals surface area contributed by atoms with Crippen molar-refractivity contribution in [2.24, 2.45) is 14.1 Å². The molecule has 0 aliphatic rings. The summed E-state index contributed by atoms with van der Waals surface area (Å²) in [6, 6.07) is 7.56. The maximum atomic E-state index is 11.9. The Kier molecular flexibility index (Phi) is 3.84. The Labute approximate surface area is 134 Å². The smallest absolute Gasteiger partial charge is 0.316 e.